The zero-order valence-electron chi connectivity index (χ0n) is 16.3. The van der Waals surface area contributed by atoms with Gasteiger partial charge in [0.05, 0.1) is 5.75 Å². The first-order chi connectivity index (χ1) is 13.1. The maximum absolute atomic E-state index is 12.7. The minimum absolute atomic E-state index is 0.265. The molecule has 4 heteroatoms. The van der Waals surface area contributed by atoms with Gasteiger partial charge < -0.3 is 9.80 Å². The predicted molar refractivity (Wildman–Crippen MR) is 114 cm³/mol. The molecular formula is C23H28N2OS. The van der Waals surface area contributed by atoms with Gasteiger partial charge in [-0.3, -0.25) is 4.79 Å². The molecule has 3 nitrogen and oxygen atoms in total. The van der Waals surface area contributed by atoms with Gasteiger partial charge in [0, 0.05) is 36.8 Å². The van der Waals surface area contributed by atoms with Crippen LogP contribution in [0.2, 0.25) is 0 Å². The molecule has 0 spiro atoms. The average molecular weight is 381 g/mol. The van der Waals surface area contributed by atoms with Crippen molar-refractivity contribution >= 4 is 23.4 Å². The maximum atomic E-state index is 12.7. The molecule has 1 amide bonds. The van der Waals surface area contributed by atoms with Crippen LogP contribution in [0.3, 0.4) is 0 Å². The number of hydrogen-bond donors (Lipinski definition) is 0. The summed E-state index contributed by atoms with van der Waals surface area (Å²) in [5.74, 6) is 0.809. The van der Waals surface area contributed by atoms with Crippen LogP contribution < -0.4 is 4.90 Å². The van der Waals surface area contributed by atoms with E-state index < -0.39 is 0 Å². The number of piperazine rings is 1. The molecule has 2 aromatic carbocycles. The van der Waals surface area contributed by atoms with Gasteiger partial charge in [-0.1, -0.05) is 18.2 Å². The highest BCUT2D eigenvalue weighted by atomic mass is 32.2. The molecule has 142 valence electrons. The summed E-state index contributed by atoms with van der Waals surface area (Å²) in [6, 6.07) is 13.2. The van der Waals surface area contributed by atoms with E-state index in [1.807, 2.05) is 4.90 Å². The Balaban J connectivity index is 1.30. The SMILES string of the molecule is Cc1cccc(N2CCN(C(=O)CSc3ccc4c(c3)CCC4)CC2)c1C. The molecule has 0 saturated carbocycles. The third kappa shape index (κ3) is 4.01. The van der Waals surface area contributed by atoms with Crippen molar-refractivity contribution in [3.8, 4) is 0 Å². The molecule has 0 bridgehead atoms. The lowest BCUT2D eigenvalue weighted by Gasteiger charge is -2.37. The van der Waals surface area contributed by atoms with E-state index >= 15 is 0 Å². The second-order valence-electron chi connectivity index (χ2n) is 7.66. The Morgan fingerprint density at radius 3 is 2.59 bits per heavy atom. The largest absolute Gasteiger partial charge is 0.368 e. The van der Waals surface area contributed by atoms with Crippen LogP contribution in [0.4, 0.5) is 5.69 Å². The van der Waals surface area contributed by atoms with Crippen molar-refractivity contribution in [2.24, 2.45) is 0 Å². The third-order valence-corrected chi connectivity index (χ3v) is 6.96. The van der Waals surface area contributed by atoms with Gasteiger partial charge in [-0.05, 0) is 73.6 Å². The average Bonchev–Trinajstić information content (AvgIpc) is 3.16. The van der Waals surface area contributed by atoms with Gasteiger partial charge in [0.1, 0.15) is 0 Å². The first-order valence-corrected chi connectivity index (χ1v) is 10.9. The van der Waals surface area contributed by atoms with Crippen molar-refractivity contribution in [3.05, 3.63) is 58.7 Å². The zero-order valence-corrected chi connectivity index (χ0v) is 17.1. The summed E-state index contributed by atoms with van der Waals surface area (Å²) in [5.41, 5.74) is 6.97. The molecule has 1 aliphatic heterocycles. The van der Waals surface area contributed by atoms with Gasteiger partial charge in [0.2, 0.25) is 5.91 Å². The third-order valence-electron chi connectivity index (χ3n) is 5.98. The van der Waals surface area contributed by atoms with Gasteiger partial charge in [-0.2, -0.15) is 0 Å². The molecule has 2 aromatic rings. The molecule has 1 fully saturated rings. The molecule has 27 heavy (non-hydrogen) atoms. The van der Waals surface area contributed by atoms with Crippen molar-refractivity contribution in [2.45, 2.75) is 38.0 Å². The van der Waals surface area contributed by atoms with Crippen LogP contribution in [0.15, 0.2) is 41.3 Å². The van der Waals surface area contributed by atoms with E-state index in [2.05, 4.69) is 55.1 Å². The van der Waals surface area contributed by atoms with E-state index in [4.69, 9.17) is 0 Å². The summed E-state index contributed by atoms with van der Waals surface area (Å²) in [7, 11) is 0. The van der Waals surface area contributed by atoms with Crippen LogP contribution in [0.5, 0.6) is 0 Å². The minimum atomic E-state index is 0.265. The number of hydrogen-bond acceptors (Lipinski definition) is 3. The Bertz CT molecular complexity index is 840. The number of anilines is 1. The molecule has 0 N–H and O–H groups in total. The highest BCUT2D eigenvalue weighted by molar-refractivity contribution is 8.00. The number of nitrogens with zero attached hydrogens (tertiary/aromatic N) is 2. The second kappa shape index (κ2) is 7.97. The van der Waals surface area contributed by atoms with Crippen LogP contribution in [-0.4, -0.2) is 42.7 Å². The molecule has 1 heterocycles. The summed E-state index contributed by atoms with van der Waals surface area (Å²) >= 11 is 1.68. The Hall–Kier alpha value is -1.94. The zero-order chi connectivity index (χ0) is 18.8. The number of amides is 1. The molecule has 0 unspecified atom stereocenters. The lowest BCUT2D eigenvalue weighted by Crippen LogP contribution is -2.49. The fourth-order valence-corrected chi connectivity index (χ4v) is 5.01. The number of aryl methyl sites for hydroxylation is 3. The number of carbonyl (C=O) groups excluding carboxylic acids is 1. The highest BCUT2D eigenvalue weighted by Gasteiger charge is 2.22. The van der Waals surface area contributed by atoms with Gasteiger partial charge >= 0.3 is 0 Å². The lowest BCUT2D eigenvalue weighted by molar-refractivity contribution is -0.128. The molecule has 1 saturated heterocycles. The minimum Gasteiger partial charge on any atom is -0.368 e. The Morgan fingerprint density at radius 1 is 1.00 bits per heavy atom. The number of thioether (sulfide) groups is 1. The monoisotopic (exact) mass is 380 g/mol. The Kier molecular flexibility index (Phi) is 5.44. The van der Waals surface area contributed by atoms with Crippen molar-refractivity contribution in [2.75, 3.05) is 36.8 Å². The van der Waals surface area contributed by atoms with Crippen LogP contribution >= 0.6 is 11.8 Å². The lowest BCUT2D eigenvalue weighted by atomic mass is 10.1. The maximum Gasteiger partial charge on any atom is 0.233 e. The standard InChI is InChI=1S/C23H28N2OS/c1-17-5-3-8-22(18(17)2)24-11-13-25(14-12-24)23(26)16-27-21-10-9-19-6-4-7-20(19)15-21/h3,5,8-10,15H,4,6-7,11-14,16H2,1-2H3. The topological polar surface area (TPSA) is 23.6 Å². The van der Waals surface area contributed by atoms with Crippen molar-refractivity contribution in [1.82, 2.24) is 4.90 Å². The number of benzene rings is 2. The first kappa shape index (κ1) is 18.4. The summed E-state index contributed by atoms with van der Waals surface area (Å²) in [6.45, 7) is 7.82. The van der Waals surface area contributed by atoms with E-state index in [1.165, 1.54) is 52.1 Å². The molecule has 4 rings (SSSR count). The van der Waals surface area contributed by atoms with E-state index in [9.17, 15) is 4.79 Å². The smallest absolute Gasteiger partial charge is 0.233 e. The van der Waals surface area contributed by atoms with Crippen LogP contribution in [0.1, 0.15) is 28.7 Å². The van der Waals surface area contributed by atoms with E-state index in [-0.39, 0.29) is 5.91 Å². The number of rotatable bonds is 4. The van der Waals surface area contributed by atoms with E-state index in [0.29, 0.717) is 5.75 Å². The molecule has 0 radical (unpaired) electrons. The Morgan fingerprint density at radius 2 is 1.78 bits per heavy atom. The molecule has 1 aliphatic carbocycles. The molecule has 0 aromatic heterocycles. The van der Waals surface area contributed by atoms with Crippen molar-refractivity contribution in [3.63, 3.8) is 0 Å². The second-order valence-corrected chi connectivity index (χ2v) is 8.71. The quantitative estimate of drug-likeness (QED) is 0.742. The van der Waals surface area contributed by atoms with Gasteiger partial charge in [-0.15, -0.1) is 11.8 Å². The van der Waals surface area contributed by atoms with Crippen LogP contribution in [-0.2, 0) is 17.6 Å². The number of carbonyl (C=O) groups is 1. The Labute approximate surface area is 166 Å². The van der Waals surface area contributed by atoms with E-state index in [1.54, 1.807) is 11.8 Å². The molecular weight excluding hydrogens is 352 g/mol. The first-order valence-electron chi connectivity index (χ1n) is 9.95. The van der Waals surface area contributed by atoms with E-state index in [0.717, 1.165) is 26.2 Å². The number of fused-ring (bicyclic) bond motifs is 1. The van der Waals surface area contributed by atoms with Gasteiger partial charge in [-0.25, -0.2) is 0 Å². The van der Waals surface area contributed by atoms with Crippen molar-refractivity contribution < 1.29 is 4.79 Å². The predicted octanol–water partition coefficient (Wildman–Crippen LogP) is 4.23. The fourth-order valence-electron chi connectivity index (χ4n) is 4.15. The van der Waals surface area contributed by atoms with Crippen LogP contribution in [0.25, 0.3) is 0 Å². The highest BCUT2D eigenvalue weighted by Crippen LogP contribution is 2.28. The molecule has 0 atom stereocenters. The van der Waals surface area contributed by atoms with Gasteiger partial charge in [0.15, 0.2) is 0 Å². The van der Waals surface area contributed by atoms with Gasteiger partial charge in [0.25, 0.3) is 0 Å². The summed E-state index contributed by atoms with van der Waals surface area (Å²) in [5, 5.41) is 0. The summed E-state index contributed by atoms with van der Waals surface area (Å²) in [4.78, 5) is 18.3. The van der Waals surface area contributed by atoms with Crippen LogP contribution in [0, 0.1) is 13.8 Å². The normalized spacial score (nSPS) is 16.5. The molecule has 2 aliphatic rings. The fraction of sp³-hybridized carbons (Fsp3) is 0.435. The summed E-state index contributed by atoms with van der Waals surface area (Å²) < 4.78 is 0. The summed E-state index contributed by atoms with van der Waals surface area (Å²) in [6.07, 6.45) is 3.68. The van der Waals surface area contributed by atoms with Crippen molar-refractivity contribution in [1.29, 1.82) is 0 Å².